The van der Waals surface area contributed by atoms with Crippen LogP contribution in [0.5, 0.6) is 0 Å². The fourth-order valence-corrected chi connectivity index (χ4v) is 2.48. The van der Waals surface area contributed by atoms with Gasteiger partial charge in [0.25, 0.3) is 0 Å². The van der Waals surface area contributed by atoms with Crippen LogP contribution in [0.1, 0.15) is 19.4 Å². The standard InChI is InChI=1S/C15H21N3O2/c1-3-16-14(19)9-17-15(20)12-8-11-6-4-5-7-13(11)18-10(12)2/h4-7,10,12,18H,3,8-9H2,1-2H3,(H,16,19)(H,17,20). The second-order valence-electron chi connectivity index (χ2n) is 5.07. The smallest absolute Gasteiger partial charge is 0.239 e. The number of anilines is 1. The van der Waals surface area contributed by atoms with E-state index in [1.54, 1.807) is 0 Å². The highest BCUT2D eigenvalue weighted by molar-refractivity contribution is 5.87. The first-order valence-corrected chi connectivity index (χ1v) is 7.00. The van der Waals surface area contributed by atoms with Gasteiger partial charge in [0, 0.05) is 18.3 Å². The SMILES string of the molecule is CCNC(=O)CNC(=O)C1Cc2ccccc2NC1C. The Morgan fingerprint density at radius 3 is 2.80 bits per heavy atom. The Bertz CT molecular complexity index is 502. The van der Waals surface area contributed by atoms with Gasteiger partial charge in [-0.05, 0) is 31.9 Å². The molecule has 0 spiro atoms. The molecule has 2 atom stereocenters. The lowest BCUT2D eigenvalue weighted by atomic mass is 9.87. The first-order valence-electron chi connectivity index (χ1n) is 7.00. The average molecular weight is 275 g/mol. The molecule has 0 aromatic heterocycles. The van der Waals surface area contributed by atoms with E-state index < -0.39 is 0 Å². The molecule has 1 aromatic carbocycles. The monoisotopic (exact) mass is 275 g/mol. The Morgan fingerprint density at radius 2 is 2.05 bits per heavy atom. The Hall–Kier alpha value is -2.04. The van der Waals surface area contributed by atoms with Crippen molar-refractivity contribution in [1.82, 2.24) is 10.6 Å². The summed E-state index contributed by atoms with van der Waals surface area (Å²) < 4.78 is 0. The number of carbonyl (C=O) groups excluding carboxylic acids is 2. The molecule has 1 heterocycles. The van der Waals surface area contributed by atoms with E-state index in [0.717, 1.165) is 11.3 Å². The van der Waals surface area contributed by atoms with Crippen LogP contribution in [-0.4, -0.2) is 30.9 Å². The lowest BCUT2D eigenvalue weighted by Gasteiger charge is -2.31. The molecule has 0 saturated carbocycles. The van der Waals surface area contributed by atoms with Crippen LogP contribution in [-0.2, 0) is 16.0 Å². The first kappa shape index (κ1) is 14.4. The summed E-state index contributed by atoms with van der Waals surface area (Å²) in [5, 5.41) is 8.71. The summed E-state index contributed by atoms with van der Waals surface area (Å²) in [5.74, 6) is -0.386. The average Bonchev–Trinajstić information content (AvgIpc) is 2.44. The third-order valence-electron chi connectivity index (χ3n) is 3.58. The number of carbonyl (C=O) groups is 2. The summed E-state index contributed by atoms with van der Waals surface area (Å²) >= 11 is 0. The van der Waals surface area contributed by atoms with Crippen molar-refractivity contribution in [3.05, 3.63) is 29.8 Å². The van der Waals surface area contributed by atoms with Crippen molar-refractivity contribution in [3.63, 3.8) is 0 Å². The number of likely N-dealkylation sites (N-methyl/N-ethyl adjacent to an activating group) is 1. The predicted octanol–water partition coefficient (Wildman–Crippen LogP) is 0.912. The second kappa shape index (κ2) is 6.41. The molecule has 2 rings (SSSR count). The molecule has 0 radical (unpaired) electrons. The molecular weight excluding hydrogens is 254 g/mol. The minimum absolute atomic E-state index is 0.0392. The third-order valence-corrected chi connectivity index (χ3v) is 3.58. The highest BCUT2D eigenvalue weighted by Crippen LogP contribution is 2.28. The molecule has 1 aromatic rings. The van der Waals surface area contributed by atoms with Gasteiger partial charge in [-0.25, -0.2) is 0 Å². The maximum absolute atomic E-state index is 12.2. The maximum Gasteiger partial charge on any atom is 0.239 e. The molecule has 0 aliphatic carbocycles. The molecular formula is C15H21N3O2. The van der Waals surface area contributed by atoms with Gasteiger partial charge in [-0.3, -0.25) is 9.59 Å². The van der Waals surface area contributed by atoms with Gasteiger partial charge in [-0.15, -0.1) is 0 Å². The van der Waals surface area contributed by atoms with Crippen molar-refractivity contribution >= 4 is 17.5 Å². The zero-order valence-corrected chi connectivity index (χ0v) is 11.9. The van der Waals surface area contributed by atoms with Crippen LogP contribution >= 0.6 is 0 Å². The Balaban J connectivity index is 1.96. The second-order valence-corrected chi connectivity index (χ2v) is 5.07. The van der Waals surface area contributed by atoms with E-state index in [2.05, 4.69) is 16.0 Å². The summed E-state index contributed by atoms with van der Waals surface area (Å²) in [6.07, 6.45) is 0.700. The van der Waals surface area contributed by atoms with Crippen molar-refractivity contribution in [3.8, 4) is 0 Å². The number of hydrogen-bond donors (Lipinski definition) is 3. The molecule has 108 valence electrons. The summed E-state index contributed by atoms with van der Waals surface area (Å²) in [6, 6.07) is 8.06. The fourth-order valence-electron chi connectivity index (χ4n) is 2.48. The highest BCUT2D eigenvalue weighted by Gasteiger charge is 2.30. The van der Waals surface area contributed by atoms with E-state index in [9.17, 15) is 9.59 Å². The Morgan fingerprint density at radius 1 is 1.30 bits per heavy atom. The lowest BCUT2D eigenvalue weighted by Crippen LogP contribution is -2.46. The lowest BCUT2D eigenvalue weighted by molar-refractivity contribution is -0.128. The summed E-state index contributed by atoms with van der Waals surface area (Å²) in [4.78, 5) is 23.6. The van der Waals surface area contributed by atoms with Gasteiger partial charge in [-0.1, -0.05) is 18.2 Å². The molecule has 1 aliphatic heterocycles. The molecule has 2 unspecified atom stereocenters. The maximum atomic E-state index is 12.2. The number of para-hydroxylation sites is 1. The van der Waals surface area contributed by atoms with Crippen molar-refractivity contribution < 1.29 is 9.59 Å². The molecule has 5 heteroatoms. The molecule has 0 saturated heterocycles. The van der Waals surface area contributed by atoms with Crippen LogP contribution in [0.15, 0.2) is 24.3 Å². The number of rotatable bonds is 4. The van der Waals surface area contributed by atoms with Gasteiger partial charge >= 0.3 is 0 Å². The van der Waals surface area contributed by atoms with Crippen molar-refractivity contribution in [2.45, 2.75) is 26.3 Å². The topological polar surface area (TPSA) is 70.2 Å². The third kappa shape index (κ3) is 3.29. The molecule has 1 aliphatic rings. The quantitative estimate of drug-likeness (QED) is 0.765. The van der Waals surface area contributed by atoms with Crippen LogP contribution in [0.25, 0.3) is 0 Å². The summed E-state index contributed by atoms with van der Waals surface area (Å²) in [6.45, 7) is 4.46. The molecule has 20 heavy (non-hydrogen) atoms. The van der Waals surface area contributed by atoms with E-state index in [1.165, 1.54) is 0 Å². The molecule has 5 nitrogen and oxygen atoms in total. The molecule has 3 N–H and O–H groups in total. The van der Waals surface area contributed by atoms with Crippen molar-refractivity contribution in [2.24, 2.45) is 5.92 Å². The van der Waals surface area contributed by atoms with Crippen LogP contribution in [0, 0.1) is 5.92 Å². The van der Waals surface area contributed by atoms with Crippen LogP contribution in [0.2, 0.25) is 0 Å². The normalized spacial score (nSPS) is 20.5. The van der Waals surface area contributed by atoms with Crippen LogP contribution in [0.4, 0.5) is 5.69 Å². The van der Waals surface area contributed by atoms with E-state index in [0.29, 0.717) is 13.0 Å². The summed E-state index contributed by atoms with van der Waals surface area (Å²) in [5.41, 5.74) is 2.23. The minimum Gasteiger partial charge on any atom is -0.382 e. The van der Waals surface area contributed by atoms with E-state index in [-0.39, 0.29) is 30.3 Å². The fraction of sp³-hybridized carbons (Fsp3) is 0.467. The van der Waals surface area contributed by atoms with Gasteiger partial charge in [-0.2, -0.15) is 0 Å². The van der Waals surface area contributed by atoms with Crippen LogP contribution in [0.3, 0.4) is 0 Å². The number of fused-ring (bicyclic) bond motifs is 1. The summed E-state index contributed by atoms with van der Waals surface area (Å²) in [7, 11) is 0. The van der Waals surface area contributed by atoms with Gasteiger partial charge in [0.05, 0.1) is 12.5 Å². The molecule has 0 bridgehead atoms. The first-order chi connectivity index (χ1) is 9.61. The molecule has 2 amide bonds. The predicted molar refractivity (Wildman–Crippen MR) is 78.4 cm³/mol. The van der Waals surface area contributed by atoms with E-state index in [1.807, 2.05) is 38.1 Å². The largest absolute Gasteiger partial charge is 0.382 e. The van der Waals surface area contributed by atoms with Gasteiger partial charge in [0.2, 0.25) is 11.8 Å². The molecule has 0 fully saturated rings. The zero-order chi connectivity index (χ0) is 14.5. The zero-order valence-electron chi connectivity index (χ0n) is 11.9. The van der Waals surface area contributed by atoms with E-state index >= 15 is 0 Å². The number of hydrogen-bond acceptors (Lipinski definition) is 3. The highest BCUT2D eigenvalue weighted by atomic mass is 16.2. The van der Waals surface area contributed by atoms with E-state index in [4.69, 9.17) is 0 Å². The number of amides is 2. The number of benzene rings is 1. The van der Waals surface area contributed by atoms with Gasteiger partial charge < -0.3 is 16.0 Å². The van der Waals surface area contributed by atoms with Crippen LogP contribution < -0.4 is 16.0 Å². The minimum atomic E-state index is -0.155. The van der Waals surface area contributed by atoms with Gasteiger partial charge in [0.15, 0.2) is 0 Å². The van der Waals surface area contributed by atoms with Gasteiger partial charge in [0.1, 0.15) is 0 Å². The number of nitrogens with one attached hydrogen (secondary N) is 3. The Labute approximate surface area is 119 Å². The van der Waals surface area contributed by atoms with Crippen molar-refractivity contribution in [2.75, 3.05) is 18.4 Å². The van der Waals surface area contributed by atoms with Crippen molar-refractivity contribution in [1.29, 1.82) is 0 Å². The Kier molecular flexibility index (Phi) is 4.61.